The molecule has 0 aromatic carbocycles. The Kier molecular flexibility index (Phi) is 5.30. The van der Waals surface area contributed by atoms with Crippen molar-refractivity contribution in [3.63, 3.8) is 0 Å². The van der Waals surface area contributed by atoms with Crippen molar-refractivity contribution in [2.45, 2.75) is 26.2 Å². The lowest BCUT2D eigenvalue weighted by Crippen LogP contribution is -2.44. The Morgan fingerprint density at radius 3 is 2.68 bits per heavy atom. The van der Waals surface area contributed by atoms with Gasteiger partial charge < -0.3 is 14.3 Å². The molecule has 1 aliphatic rings. The highest BCUT2D eigenvalue weighted by Crippen LogP contribution is 2.20. The van der Waals surface area contributed by atoms with Gasteiger partial charge in [0.25, 0.3) is 0 Å². The second kappa shape index (κ2) is 7.20. The van der Waals surface area contributed by atoms with Gasteiger partial charge in [-0.3, -0.25) is 9.59 Å². The Hall–Kier alpha value is -2.18. The van der Waals surface area contributed by atoms with E-state index in [0.29, 0.717) is 24.9 Å². The third kappa shape index (κ3) is 4.16. The number of likely N-dealkylation sites (N-methyl/N-ethyl adjacent to an activating group) is 1. The van der Waals surface area contributed by atoms with E-state index in [-0.39, 0.29) is 18.4 Å². The molecule has 0 saturated carbocycles. The van der Waals surface area contributed by atoms with E-state index in [1.54, 1.807) is 14.0 Å². The van der Waals surface area contributed by atoms with Crippen molar-refractivity contribution in [3.05, 3.63) is 24.4 Å². The molecule has 7 nitrogen and oxygen atoms in total. The molecule has 0 aliphatic carbocycles. The van der Waals surface area contributed by atoms with Crippen LogP contribution >= 0.6 is 0 Å². The Balaban J connectivity index is 1.77. The van der Waals surface area contributed by atoms with Crippen molar-refractivity contribution in [2.75, 3.05) is 26.7 Å². The third-order valence-electron chi connectivity index (χ3n) is 3.93. The molecule has 1 aromatic rings. The Morgan fingerprint density at radius 1 is 1.45 bits per heavy atom. The van der Waals surface area contributed by atoms with E-state index in [1.807, 2.05) is 4.90 Å². The summed E-state index contributed by atoms with van der Waals surface area (Å²) in [6.45, 7) is 6.70. The normalized spacial score (nSPS) is 15.6. The van der Waals surface area contributed by atoms with Crippen LogP contribution in [-0.2, 0) is 16.0 Å². The number of hydrogen-bond donors (Lipinski definition) is 0. The van der Waals surface area contributed by atoms with Gasteiger partial charge in [0.05, 0.1) is 6.54 Å². The minimum absolute atomic E-state index is 0.0217. The van der Waals surface area contributed by atoms with E-state index >= 15 is 0 Å². The molecule has 1 aliphatic heterocycles. The highest BCUT2D eigenvalue weighted by Gasteiger charge is 2.25. The SMILES string of the molecule is C=CC(=O)N(C)CC(=O)N1CCC(Cc2noc(C)n2)CC1. The first-order chi connectivity index (χ1) is 10.5. The molecule has 7 heteroatoms. The van der Waals surface area contributed by atoms with Crippen LogP contribution in [0, 0.1) is 12.8 Å². The van der Waals surface area contributed by atoms with Crippen LogP contribution in [-0.4, -0.2) is 58.4 Å². The molecule has 0 atom stereocenters. The fourth-order valence-electron chi connectivity index (χ4n) is 2.61. The summed E-state index contributed by atoms with van der Waals surface area (Å²) in [7, 11) is 1.60. The van der Waals surface area contributed by atoms with E-state index in [1.165, 1.54) is 11.0 Å². The van der Waals surface area contributed by atoms with Crippen molar-refractivity contribution in [1.82, 2.24) is 19.9 Å². The number of piperidine rings is 1. The summed E-state index contributed by atoms with van der Waals surface area (Å²) in [4.78, 5) is 31.0. The molecule has 0 radical (unpaired) electrons. The van der Waals surface area contributed by atoms with E-state index in [2.05, 4.69) is 16.7 Å². The number of aromatic nitrogens is 2. The standard InChI is InChI=1S/C15H22N4O3/c1-4-14(20)18(3)10-15(21)19-7-5-12(6-8-19)9-13-16-11(2)22-17-13/h4,12H,1,5-10H2,2-3H3. The van der Waals surface area contributed by atoms with Gasteiger partial charge in [-0.05, 0) is 24.8 Å². The number of nitrogens with zero attached hydrogens (tertiary/aromatic N) is 4. The van der Waals surface area contributed by atoms with Crippen molar-refractivity contribution >= 4 is 11.8 Å². The summed E-state index contributed by atoms with van der Waals surface area (Å²) in [5, 5.41) is 3.91. The van der Waals surface area contributed by atoms with Gasteiger partial charge >= 0.3 is 0 Å². The number of rotatable bonds is 5. The first-order valence-corrected chi connectivity index (χ1v) is 7.44. The van der Waals surface area contributed by atoms with Crippen LogP contribution in [0.3, 0.4) is 0 Å². The average molecular weight is 306 g/mol. The van der Waals surface area contributed by atoms with Crippen molar-refractivity contribution < 1.29 is 14.1 Å². The number of amides is 2. The highest BCUT2D eigenvalue weighted by atomic mass is 16.5. The first-order valence-electron chi connectivity index (χ1n) is 7.44. The molecule has 0 N–H and O–H groups in total. The maximum Gasteiger partial charge on any atom is 0.246 e. The Morgan fingerprint density at radius 2 is 2.14 bits per heavy atom. The summed E-state index contributed by atoms with van der Waals surface area (Å²) in [6.07, 6.45) is 3.83. The minimum atomic E-state index is -0.240. The zero-order chi connectivity index (χ0) is 16.1. The van der Waals surface area contributed by atoms with Crippen molar-refractivity contribution in [1.29, 1.82) is 0 Å². The molecule has 0 unspecified atom stereocenters. The largest absolute Gasteiger partial charge is 0.341 e. The fraction of sp³-hybridized carbons (Fsp3) is 0.600. The summed E-state index contributed by atoms with van der Waals surface area (Å²) in [5.74, 6) is 1.52. The quantitative estimate of drug-likeness (QED) is 0.752. The topological polar surface area (TPSA) is 79.5 Å². The van der Waals surface area contributed by atoms with E-state index in [4.69, 9.17) is 4.52 Å². The lowest BCUT2D eigenvalue weighted by molar-refractivity contribution is -0.138. The van der Waals surface area contributed by atoms with Gasteiger partial charge in [-0.2, -0.15) is 4.98 Å². The first kappa shape index (κ1) is 16.2. The second-order valence-corrected chi connectivity index (χ2v) is 5.66. The van der Waals surface area contributed by atoms with Gasteiger partial charge in [0.15, 0.2) is 5.82 Å². The minimum Gasteiger partial charge on any atom is -0.341 e. The van der Waals surface area contributed by atoms with Crippen LogP contribution < -0.4 is 0 Å². The van der Waals surface area contributed by atoms with Crippen molar-refractivity contribution in [2.24, 2.45) is 5.92 Å². The zero-order valence-corrected chi connectivity index (χ0v) is 13.1. The van der Waals surface area contributed by atoms with Gasteiger partial charge in [0, 0.05) is 33.5 Å². The molecule has 1 fully saturated rings. The molecule has 2 heterocycles. The van der Waals surface area contributed by atoms with Gasteiger partial charge in [0.2, 0.25) is 17.7 Å². The van der Waals surface area contributed by atoms with Crippen LogP contribution in [0.1, 0.15) is 24.6 Å². The number of aryl methyl sites for hydroxylation is 1. The summed E-state index contributed by atoms with van der Waals surface area (Å²) >= 11 is 0. The molecule has 120 valence electrons. The predicted molar refractivity (Wildman–Crippen MR) is 79.9 cm³/mol. The summed E-state index contributed by atoms with van der Waals surface area (Å²) < 4.78 is 4.97. The van der Waals surface area contributed by atoms with E-state index in [0.717, 1.165) is 25.1 Å². The van der Waals surface area contributed by atoms with Gasteiger partial charge in [0.1, 0.15) is 0 Å². The van der Waals surface area contributed by atoms with Crippen molar-refractivity contribution in [3.8, 4) is 0 Å². The smallest absolute Gasteiger partial charge is 0.246 e. The fourth-order valence-corrected chi connectivity index (χ4v) is 2.61. The van der Waals surface area contributed by atoms with Gasteiger partial charge in [-0.1, -0.05) is 11.7 Å². The molecular formula is C15H22N4O3. The summed E-state index contributed by atoms with van der Waals surface area (Å²) in [5.41, 5.74) is 0. The highest BCUT2D eigenvalue weighted by molar-refractivity contribution is 5.90. The van der Waals surface area contributed by atoms with Crippen LogP contribution in [0.2, 0.25) is 0 Å². The van der Waals surface area contributed by atoms with E-state index < -0.39 is 0 Å². The molecule has 0 bridgehead atoms. The molecule has 2 amide bonds. The number of likely N-dealkylation sites (tertiary alicyclic amines) is 1. The van der Waals surface area contributed by atoms with Crippen LogP contribution in [0.25, 0.3) is 0 Å². The number of carbonyl (C=O) groups is 2. The van der Waals surface area contributed by atoms with Crippen LogP contribution in [0.15, 0.2) is 17.2 Å². The molecule has 2 rings (SSSR count). The maximum atomic E-state index is 12.2. The lowest BCUT2D eigenvalue weighted by Gasteiger charge is -2.32. The molecule has 22 heavy (non-hydrogen) atoms. The number of carbonyl (C=O) groups excluding carboxylic acids is 2. The van der Waals surface area contributed by atoms with Crippen LogP contribution in [0.4, 0.5) is 0 Å². The monoisotopic (exact) mass is 306 g/mol. The van der Waals surface area contributed by atoms with Gasteiger partial charge in [-0.25, -0.2) is 0 Å². The maximum absolute atomic E-state index is 12.2. The van der Waals surface area contributed by atoms with E-state index in [9.17, 15) is 9.59 Å². The average Bonchev–Trinajstić information content (AvgIpc) is 2.92. The Bertz CT molecular complexity index is 547. The lowest BCUT2D eigenvalue weighted by atomic mass is 9.93. The second-order valence-electron chi connectivity index (χ2n) is 5.66. The molecule has 1 saturated heterocycles. The molecule has 0 spiro atoms. The van der Waals surface area contributed by atoms with Gasteiger partial charge in [-0.15, -0.1) is 0 Å². The summed E-state index contributed by atoms with van der Waals surface area (Å²) in [6, 6.07) is 0. The van der Waals surface area contributed by atoms with Crippen LogP contribution in [0.5, 0.6) is 0 Å². The molecule has 1 aromatic heterocycles. The number of hydrogen-bond acceptors (Lipinski definition) is 5. The predicted octanol–water partition coefficient (Wildman–Crippen LogP) is 0.804. The zero-order valence-electron chi connectivity index (χ0n) is 13.1. The Labute approximate surface area is 130 Å². The molecular weight excluding hydrogens is 284 g/mol. The third-order valence-corrected chi connectivity index (χ3v) is 3.93.